The Morgan fingerprint density at radius 3 is 2.38 bits per heavy atom. The van der Waals surface area contributed by atoms with Crippen molar-refractivity contribution in [3.63, 3.8) is 0 Å². The van der Waals surface area contributed by atoms with Crippen LogP contribution in [0.4, 0.5) is 5.13 Å². The minimum atomic E-state index is -0.164. The molecule has 128 valence electrons. The minimum Gasteiger partial charge on any atom is -0.493 e. The van der Waals surface area contributed by atoms with Crippen LogP contribution >= 0.6 is 11.3 Å². The number of aromatic nitrogens is 2. The highest BCUT2D eigenvalue weighted by Crippen LogP contribution is 2.42. The first-order valence-corrected chi connectivity index (χ1v) is 8.38. The van der Waals surface area contributed by atoms with Gasteiger partial charge >= 0.3 is 0 Å². The van der Waals surface area contributed by atoms with Crippen LogP contribution in [-0.4, -0.2) is 37.4 Å². The highest BCUT2D eigenvalue weighted by molar-refractivity contribution is 7.15. The van der Waals surface area contributed by atoms with Gasteiger partial charge < -0.3 is 19.5 Å². The summed E-state index contributed by atoms with van der Waals surface area (Å²) in [5.41, 5.74) is 0.758. The van der Waals surface area contributed by atoms with E-state index in [0.29, 0.717) is 28.3 Å². The fraction of sp³-hybridized carbons (Fsp3) is 0.438. The number of nitrogens with zero attached hydrogens (tertiary/aromatic N) is 2. The molecule has 0 unspecified atom stereocenters. The predicted molar refractivity (Wildman–Crippen MR) is 90.3 cm³/mol. The fourth-order valence-electron chi connectivity index (χ4n) is 2.37. The lowest BCUT2D eigenvalue weighted by Crippen LogP contribution is -2.14. The molecular weight excluding hydrogens is 330 g/mol. The summed E-state index contributed by atoms with van der Waals surface area (Å²) in [6, 6.07) is 3.52. The third-order valence-corrected chi connectivity index (χ3v) is 4.70. The normalized spacial score (nSPS) is 13.5. The first-order valence-electron chi connectivity index (χ1n) is 7.56. The quantitative estimate of drug-likeness (QED) is 0.827. The molecule has 7 nitrogen and oxygen atoms in total. The van der Waals surface area contributed by atoms with Gasteiger partial charge in [0.1, 0.15) is 5.01 Å². The summed E-state index contributed by atoms with van der Waals surface area (Å²) in [6.45, 7) is 0. The van der Waals surface area contributed by atoms with Gasteiger partial charge in [0.05, 0.1) is 27.8 Å². The molecule has 1 amide bonds. The van der Waals surface area contributed by atoms with E-state index in [0.717, 1.165) is 23.4 Å². The second-order valence-electron chi connectivity index (χ2n) is 5.48. The maximum atomic E-state index is 12.2. The lowest BCUT2D eigenvalue weighted by atomic mass is 10.1. The molecule has 1 aliphatic rings. The molecule has 3 rings (SSSR count). The Morgan fingerprint density at radius 2 is 1.83 bits per heavy atom. The molecule has 1 aromatic carbocycles. The largest absolute Gasteiger partial charge is 0.493 e. The van der Waals surface area contributed by atoms with E-state index in [1.807, 2.05) is 0 Å². The first-order chi connectivity index (χ1) is 11.6. The monoisotopic (exact) mass is 349 g/mol. The summed E-state index contributed by atoms with van der Waals surface area (Å²) in [6.07, 6.45) is 2.50. The molecule has 0 radical (unpaired) electrons. The molecule has 0 spiro atoms. The van der Waals surface area contributed by atoms with E-state index in [-0.39, 0.29) is 12.3 Å². The van der Waals surface area contributed by atoms with Crippen LogP contribution in [0.2, 0.25) is 0 Å². The number of ether oxygens (including phenoxy) is 3. The maximum absolute atomic E-state index is 12.2. The molecule has 1 heterocycles. The molecule has 1 fully saturated rings. The molecule has 2 aromatic rings. The highest BCUT2D eigenvalue weighted by atomic mass is 32.1. The van der Waals surface area contributed by atoms with Gasteiger partial charge in [0, 0.05) is 5.92 Å². The van der Waals surface area contributed by atoms with E-state index >= 15 is 0 Å². The van der Waals surface area contributed by atoms with E-state index in [2.05, 4.69) is 15.5 Å². The number of methoxy groups -OCH3 is 3. The summed E-state index contributed by atoms with van der Waals surface area (Å²) in [7, 11) is 4.63. The van der Waals surface area contributed by atoms with Gasteiger partial charge in [0.25, 0.3) is 0 Å². The van der Waals surface area contributed by atoms with E-state index in [1.54, 1.807) is 33.5 Å². The van der Waals surface area contributed by atoms with Gasteiger partial charge in [-0.05, 0) is 30.5 Å². The third-order valence-electron chi connectivity index (χ3n) is 3.70. The van der Waals surface area contributed by atoms with Crippen LogP contribution in [-0.2, 0) is 11.2 Å². The van der Waals surface area contributed by atoms with Gasteiger partial charge in [-0.3, -0.25) is 4.79 Å². The van der Waals surface area contributed by atoms with Crippen LogP contribution in [0.3, 0.4) is 0 Å². The van der Waals surface area contributed by atoms with Crippen LogP contribution in [0.1, 0.15) is 29.3 Å². The molecular formula is C16H19N3O4S. The average molecular weight is 349 g/mol. The Labute approximate surface area is 144 Å². The zero-order valence-electron chi connectivity index (χ0n) is 13.8. The predicted octanol–water partition coefficient (Wildman–Crippen LogP) is 2.62. The van der Waals surface area contributed by atoms with Crippen molar-refractivity contribution in [2.45, 2.75) is 25.2 Å². The second kappa shape index (κ2) is 7.04. The zero-order chi connectivity index (χ0) is 17.1. The number of amides is 1. The van der Waals surface area contributed by atoms with Crippen molar-refractivity contribution in [1.82, 2.24) is 10.2 Å². The van der Waals surface area contributed by atoms with Crippen molar-refractivity contribution < 1.29 is 19.0 Å². The van der Waals surface area contributed by atoms with Crippen molar-refractivity contribution in [3.8, 4) is 17.2 Å². The van der Waals surface area contributed by atoms with Crippen LogP contribution < -0.4 is 19.5 Å². The molecule has 1 aliphatic carbocycles. The number of nitrogens with one attached hydrogen (secondary N) is 1. The fourth-order valence-corrected chi connectivity index (χ4v) is 3.30. The number of carbonyl (C=O) groups is 1. The second-order valence-corrected chi connectivity index (χ2v) is 6.49. The van der Waals surface area contributed by atoms with Crippen molar-refractivity contribution in [2.75, 3.05) is 26.6 Å². The van der Waals surface area contributed by atoms with E-state index in [4.69, 9.17) is 14.2 Å². The van der Waals surface area contributed by atoms with Gasteiger partial charge in [-0.1, -0.05) is 11.3 Å². The first kappa shape index (κ1) is 16.5. The number of carbonyl (C=O) groups excluding carboxylic acids is 1. The van der Waals surface area contributed by atoms with E-state index in [1.165, 1.54) is 11.3 Å². The Morgan fingerprint density at radius 1 is 1.17 bits per heavy atom. The molecule has 0 atom stereocenters. The Kier molecular flexibility index (Phi) is 4.84. The summed E-state index contributed by atoms with van der Waals surface area (Å²) in [4.78, 5) is 12.2. The van der Waals surface area contributed by atoms with Crippen molar-refractivity contribution in [2.24, 2.45) is 0 Å². The van der Waals surface area contributed by atoms with Gasteiger partial charge in [-0.15, -0.1) is 10.2 Å². The summed E-state index contributed by atoms with van der Waals surface area (Å²) < 4.78 is 15.9. The van der Waals surface area contributed by atoms with E-state index < -0.39 is 0 Å². The van der Waals surface area contributed by atoms with Gasteiger partial charge in [-0.25, -0.2) is 0 Å². The van der Waals surface area contributed by atoms with E-state index in [9.17, 15) is 4.79 Å². The lowest BCUT2D eigenvalue weighted by molar-refractivity contribution is -0.115. The van der Waals surface area contributed by atoms with Crippen LogP contribution in [0.15, 0.2) is 12.1 Å². The zero-order valence-corrected chi connectivity index (χ0v) is 14.6. The van der Waals surface area contributed by atoms with Gasteiger partial charge in [0.15, 0.2) is 11.5 Å². The SMILES string of the molecule is COc1cc(CC(=O)Nc2nnc(C3CC3)s2)cc(OC)c1OC. The Hall–Kier alpha value is -2.35. The molecule has 8 heteroatoms. The smallest absolute Gasteiger partial charge is 0.230 e. The summed E-state index contributed by atoms with van der Waals surface area (Å²) in [5.74, 6) is 1.91. The number of anilines is 1. The maximum Gasteiger partial charge on any atom is 0.230 e. The van der Waals surface area contributed by atoms with Crippen molar-refractivity contribution in [1.29, 1.82) is 0 Å². The third kappa shape index (κ3) is 3.59. The molecule has 0 aliphatic heterocycles. The summed E-state index contributed by atoms with van der Waals surface area (Å²) >= 11 is 1.44. The number of rotatable bonds is 7. The van der Waals surface area contributed by atoms with Gasteiger partial charge in [-0.2, -0.15) is 0 Å². The number of hydrogen-bond acceptors (Lipinski definition) is 7. The minimum absolute atomic E-state index is 0.164. The topological polar surface area (TPSA) is 82.6 Å². The molecule has 1 N–H and O–H groups in total. The molecule has 0 bridgehead atoms. The summed E-state index contributed by atoms with van der Waals surface area (Å²) in [5, 5.41) is 12.5. The molecule has 24 heavy (non-hydrogen) atoms. The van der Waals surface area contributed by atoms with Crippen LogP contribution in [0.5, 0.6) is 17.2 Å². The standard InChI is InChI=1S/C16H19N3O4S/c1-21-11-6-9(7-12(22-2)14(11)23-3)8-13(20)17-16-19-18-15(24-16)10-4-5-10/h6-7,10H,4-5,8H2,1-3H3,(H,17,19,20). The van der Waals surface area contributed by atoms with Crippen LogP contribution in [0, 0.1) is 0 Å². The highest BCUT2D eigenvalue weighted by Gasteiger charge is 2.27. The molecule has 1 saturated carbocycles. The van der Waals surface area contributed by atoms with Crippen molar-refractivity contribution >= 4 is 22.4 Å². The Balaban J connectivity index is 1.70. The number of benzene rings is 1. The van der Waals surface area contributed by atoms with Crippen LogP contribution in [0.25, 0.3) is 0 Å². The average Bonchev–Trinajstić information content (AvgIpc) is 3.33. The molecule has 0 saturated heterocycles. The number of hydrogen-bond donors (Lipinski definition) is 1. The Bertz CT molecular complexity index is 718. The van der Waals surface area contributed by atoms with Gasteiger partial charge in [0.2, 0.25) is 16.8 Å². The lowest BCUT2D eigenvalue weighted by Gasteiger charge is -2.13. The molecule has 1 aromatic heterocycles. The van der Waals surface area contributed by atoms with Crippen molar-refractivity contribution in [3.05, 3.63) is 22.7 Å².